The number of rotatable bonds is 6. The number of thiazole rings is 1. The lowest BCUT2D eigenvalue weighted by molar-refractivity contribution is -0.117. The lowest BCUT2D eigenvalue weighted by Gasteiger charge is -2.08. The summed E-state index contributed by atoms with van der Waals surface area (Å²) < 4.78 is 13.8. The predicted octanol–water partition coefficient (Wildman–Crippen LogP) is 3.88. The van der Waals surface area contributed by atoms with Gasteiger partial charge in [0, 0.05) is 6.54 Å². The summed E-state index contributed by atoms with van der Waals surface area (Å²) in [5.74, 6) is 1.23. The van der Waals surface area contributed by atoms with Crippen LogP contribution in [-0.4, -0.2) is 24.7 Å². The normalized spacial score (nSPS) is 11.6. The van der Waals surface area contributed by atoms with Crippen molar-refractivity contribution >= 4 is 27.5 Å². The Morgan fingerprint density at radius 2 is 1.81 bits per heavy atom. The zero-order valence-corrected chi connectivity index (χ0v) is 16.5. The first kappa shape index (κ1) is 18.9. The molecule has 6 heteroatoms. The Kier molecular flexibility index (Phi) is 5.76. The van der Waals surface area contributed by atoms with Crippen molar-refractivity contribution in [2.75, 3.05) is 14.2 Å². The van der Waals surface area contributed by atoms with E-state index in [0.29, 0.717) is 17.1 Å². The fourth-order valence-electron chi connectivity index (χ4n) is 2.86. The Morgan fingerprint density at radius 3 is 2.44 bits per heavy atom. The molecule has 0 saturated heterocycles. The molecule has 0 spiro atoms. The molecule has 0 atom stereocenters. The van der Waals surface area contributed by atoms with Crippen LogP contribution in [0.15, 0.2) is 54.0 Å². The standard InChI is InChI=1S/C21H22N2O3S/c1-5-12-23-19-16(25-3)10-11-17(26-4)20(19)27-21(23)22-18(24)13-15-8-6-14(2)7-9-15/h5-11H,1,12-13H2,2-4H3. The minimum absolute atomic E-state index is 0.193. The van der Waals surface area contributed by atoms with Gasteiger partial charge < -0.3 is 14.0 Å². The zero-order chi connectivity index (χ0) is 19.4. The number of benzene rings is 2. The highest BCUT2D eigenvalue weighted by Gasteiger charge is 2.16. The van der Waals surface area contributed by atoms with E-state index < -0.39 is 0 Å². The summed E-state index contributed by atoms with van der Waals surface area (Å²) in [5, 5.41) is 0. The van der Waals surface area contributed by atoms with Crippen LogP contribution < -0.4 is 14.3 Å². The molecule has 1 amide bonds. The Hall–Kier alpha value is -2.86. The van der Waals surface area contributed by atoms with Gasteiger partial charge in [-0.2, -0.15) is 4.99 Å². The fourth-order valence-corrected chi connectivity index (χ4v) is 4.03. The molecule has 1 heterocycles. The van der Waals surface area contributed by atoms with Gasteiger partial charge in [0.05, 0.1) is 20.6 Å². The lowest BCUT2D eigenvalue weighted by atomic mass is 10.1. The maximum absolute atomic E-state index is 12.5. The van der Waals surface area contributed by atoms with Crippen LogP contribution in [0.2, 0.25) is 0 Å². The van der Waals surface area contributed by atoms with Gasteiger partial charge in [0.15, 0.2) is 4.80 Å². The van der Waals surface area contributed by atoms with Crippen molar-refractivity contribution in [3.8, 4) is 11.5 Å². The van der Waals surface area contributed by atoms with E-state index in [-0.39, 0.29) is 12.3 Å². The van der Waals surface area contributed by atoms with Gasteiger partial charge in [0.1, 0.15) is 21.7 Å². The largest absolute Gasteiger partial charge is 0.495 e. The van der Waals surface area contributed by atoms with Crippen molar-refractivity contribution in [1.82, 2.24) is 4.57 Å². The maximum Gasteiger partial charge on any atom is 0.252 e. The van der Waals surface area contributed by atoms with Crippen LogP contribution in [0.1, 0.15) is 11.1 Å². The van der Waals surface area contributed by atoms with Gasteiger partial charge in [-0.1, -0.05) is 47.2 Å². The summed E-state index contributed by atoms with van der Waals surface area (Å²) in [6.07, 6.45) is 2.03. The average molecular weight is 382 g/mol. The molecule has 0 aliphatic carbocycles. The molecule has 140 valence electrons. The van der Waals surface area contributed by atoms with Crippen LogP contribution in [-0.2, 0) is 17.8 Å². The minimum atomic E-state index is -0.193. The third-order valence-corrected chi connectivity index (χ3v) is 5.29. The van der Waals surface area contributed by atoms with Crippen molar-refractivity contribution in [2.24, 2.45) is 4.99 Å². The molecule has 0 N–H and O–H groups in total. The van der Waals surface area contributed by atoms with Crippen LogP contribution >= 0.6 is 11.3 Å². The molecule has 3 aromatic rings. The molecule has 27 heavy (non-hydrogen) atoms. The van der Waals surface area contributed by atoms with E-state index in [1.807, 2.05) is 47.9 Å². The molecule has 0 bridgehead atoms. The Labute approximate surface area is 162 Å². The summed E-state index contributed by atoms with van der Waals surface area (Å²) in [7, 11) is 3.24. The number of aromatic nitrogens is 1. The molecule has 2 aromatic carbocycles. The quantitative estimate of drug-likeness (QED) is 0.608. The third-order valence-electron chi connectivity index (χ3n) is 4.20. The molecule has 0 radical (unpaired) electrons. The molecular weight excluding hydrogens is 360 g/mol. The van der Waals surface area contributed by atoms with E-state index in [4.69, 9.17) is 9.47 Å². The van der Waals surface area contributed by atoms with Crippen molar-refractivity contribution < 1.29 is 14.3 Å². The van der Waals surface area contributed by atoms with Crippen LogP contribution in [0.25, 0.3) is 10.2 Å². The first-order chi connectivity index (χ1) is 13.1. The van der Waals surface area contributed by atoms with E-state index in [0.717, 1.165) is 27.1 Å². The number of aryl methyl sites for hydroxylation is 1. The number of ether oxygens (including phenoxy) is 2. The number of nitrogens with zero attached hydrogens (tertiary/aromatic N) is 2. The van der Waals surface area contributed by atoms with Gasteiger partial charge in [-0.15, -0.1) is 6.58 Å². The van der Waals surface area contributed by atoms with E-state index in [2.05, 4.69) is 11.6 Å². The van der Waals surface area contributed by atoms with Gasteiger partial charge >= 0.3 is 0 Å². The highest BCUT2D eigenvalue weighted by molar-refractivity contribution is 7.16. The minimum Gasteiger partial charge on any atom is -0.495 e. The number of carbonyl (C=O) groups excluding carboxylic acids is 1. The summed E-state index contributed by atoms with van der Waals surface area (Å²) in [6, 6.07) is 11.6. The summed E-state index contributed by atoms with van der Waals surface area (Å²) >= 11 is 1.41. The van der Waals surface area contributed by atoms with Crippen LogP contribution in [0.5, 0.6) is 11.5 Å². The number of amides is 1. The SMILES string of the molecule is C=CCn1c(=NC(=O)Cc2ccc(C)cc2)sc2c(OC)ccc(OC)c21. The van der Waals surface area contributed by atoms with Crippen LogP contribution in [0, 0.1) is 6.92 Å². The number of fused-ring (bicyclic) bond motifs is 1. The molecular formula is C21H22N2O3S. The fraction of sp³-hybridized carbons (Fsp3) is 0.238. The highest BCUT2D eigenvalue weighted by atomic mass is 32.1. The Bertz CT molecular complexity index is 1050. The van der Waals surface area contributed by atoms with E-state index in [9.17, 15) is 4.79 Å². The first-order valence-electron chi connectivity index (χ1n) is 8.55. The molecule has 0 unspecified atom stereocenters. The molecule has 0 saturated carbocycles. The average Bonchev–Trinajstić information content (AvgIpc) is 3.01. The van der Waals surface area contributed by atoms with Gasteiger partial charge in [0.2, 0.25) is 0 Å². The highest BCUT2D eigenvalue weighted by Crippen LogP contribution is 2.35. The number of hydrogen-bond donors (Lipinski definition) is 0. The van der Waals surface area contributed by atoms with Crippen LogP contribution in [0.4, 0.5) is 0 Å². The van der Waals surface area contributed by atoms with Crippen LogP contribution in [0.3, 0.4) is 0 Å². The van der Waals surface area contributed by atoms with Crippen molar-refractivity contribution in [2.45, 2.75) is 19.9 Å². The van der Waals surface area contributed by atoms with Gasteiger partial charge in [-0.25, -0.2) is 0 Å². The van der Waals surface area contributed by atoms with E-state index in [1.165, 1.54) is 11.3 Å². The maximum atomic E-state index is 12.5. The van der Waals surface area contributed by atoms with E-state index >= 15 is 0 Å². The molecule has 0 aliphatic heterocycles. The zero-order valence-electron chi connectivity index (χ0n) is 15.7. The monoisotopic (exact) mass is 382 g/mol. The molecule has 0 fully saturated rings. The van der Waals surface area contributed by atoms with Gasteiger partial charge in [0.25, 0.3) is 5.91 Å². The van der Waals surface area contributed by atoms with Crippen molar-refractivity contribution in [3.63, 3.8) is 0 Å². The second kappa shape index (κ2) is 8.22. The van der Waals surface area contributed by atoms with Crippen molar-refractivity contribution in [1.29, 1.82) is 0 Å². The van der Waals surface area contributed by atoms with E-state index in [1.54, 1.807) is 20.3 Å². The number of carbonyl (C=O) groups is 1. The second-order valence-electron chi connectivity index (χ2n) is 6.10. The van der Waals surface area contributed by atoms with Gasteiger partial charge in [-0.3, -0.25) is 4.79 Å². The molecule has 0 aliphatic rings. The third kappa shape index (κ3) is 3.95. The number of allylic oxidation sites excluding steroid dienone is 1. The molecule has 1 aromatic heterocycles. The lowest BCUT2D eigenvalue weighted by Crippen LogP contribution is -2.17. The first-order valence-corrected chi connectivity index (χ1v) is 9.37. The predicted molar refractivity (Wildman–Crippen MR) is 109 cm³/mol. The summed E-state index contributed by atoms with van der Waals surface area (Å²) in [6.45, 7) is 6.36. The summed E-state index contributed by atoms with van der Waals surface area (Å²) in [5.41, 5.74) is 2.96. The van der Waals surface area contributed by atoms with Gasteiger partial charge in [-0.05, 0) is 24.6 Å². The topological polar surface area (TPSA) is 52.8 Å². The smallest absolute Gasteiger partial charge is 0.252 e. The molecule has 3 rings (SSSR count). The number of methoxy groups -OCH3 is 2. The molecule has 5 nitrogen and oxygen atoms in total. The van der Waals surface area contributed by atoms with Crippen molar-refractivity contribution in [3.05, 3.63) is 65.0 Å². The summed E-state index contributed by atoms with van der Waals surface area (Å²) in [4.78, 5) is 17.5. The number of hydrogen-bond acceptors (Lipinski definition) is 4. The second-order valence-corrected chi connectivity index (χ2v) is 7.08. The Morgan fingerprint density at radius 1 is 1.15 bits per heavy atom. The Balaban J connectivity index is 2.10.